The average Bonchev–Trinajstić information content (AvgIpc) is 3.55. The molecule has 4 aromatic rings. The second kappa shape index (κ2) is 27.2. The molecule has 2 heterocycles. The molecule has 6 rings (SSSR count). The molecule has 430 valence electrons. The van der Waals surface area contributed by atoms with Crippen LogP contribution in [0.4, 0.5) is 0 Å². The van der Waals surface area contributed by atoms with E-state index >= 15 is 0 Å². The predicted molar refractivity (Wildman–Crippen MR) is 314 cm³/mol. The van der Waals surface area contributed by atoms with Crippen molar-refractivity contribution in [3.05, 3.63) is 143 Å². The normalized spacial score (nSPS) is 27.2. The van der Waals surface area contributed by atoms with Crippen molar-refractivity contribution in [2.75, 3.05) is 0 Å². The third-order valence-electron chi connectivity index (χ3n) is 18.5. The van der Waals surface area contributed by atoms with Gasteiger partial charge in [0.05, 0.1) is 0 Å². The van der Waals surface area contributed by atoms with E-state index in [4.69, 9.17) is 19.1 Å². The van der Waals surface area contributed by atoms with Crippen LogP contribution in [-0.2, 0) is 28.7 Å². The molecule has 12 unspecified atom stereocenters. The number of carbonyl (C=O) groups excluding carboxylic acids is 4. The number of hydrogen-bond donors (Lipinski definition) is 2. The van der Waals surface area contributed by atoms with Gasteiger partial charge in [-0.3, -0.25) is 28.9 Å². The monoisotopic (exact) mass is 1070 g/mol. The Hall–Kier alpha value is -5.40. The highest BCUT2D eigenvalue weighted by Gasteiger charge is 2.56. The fourth-order valence-electron chi connectivity index (χ4n) is 12.0. The molecule has 2 N–H and O–H groups in total. The molecule has 78 heavy (non-hydrogen) atoms. The minimum absolute atomic E-state index is 0. The van der Waals surface area contributed by atoms with E-state index < -0.39 is 12.2 Å². The molecule has 4 aromatic carbocycles. The maximum absolute atomic E-state index is 13.3. The summed E-state index contributed by atoms with van der Waals surface area (Å²) >= 11 is 0. The van der Waals surface area contributed by atoms with Crippen LogP contribution in [0.1, 0.15) is 244 Å². The molecule has 12 nitrogen and oxygen atoms in total. The quantitative estimate of drug-likeness (QED) is 0.0488. The molecule has 2 saturated heterocycles. The van der Waals surface area contributed by atoms with Gasteiger partial charge in [-0.1, -0.05) is 139 Å². The van der Waals surface area contributed by atoms with E-state index in [1.165, 1.54) is 0 Å². The molecule has 0 saturated carbocycles. The molecule has 0 bridgehead atoms. The summed E-state index contributed by atoms with van der Waals surface area (Å²) in [5.74, 6) is -0.320. The number of hydrogen-bond acceptors (Lipinski definition) is 10. The Kier molecular flexibility index (Phi) is 21.5. The van der Waals surface area contributed by atoms with Crippen molar-refractivity contribution in [1.82, 2.24) is 20.8 Å². The van der Waals surface area contributed by atoms with Crippen molar-refractivity contribution < 1.29 is 41.2 Å². The van der Waals surface area contributed by atoms with Gasteiger partial charge in [0.2, 0.25) is 0 Å². The van der Waals surface area contributed by atoms with Gasteiger partial charge < -0.3 is 20.1 Å². The summed E-state index contributed by atoms with van der Waals surface area (Å²) in [5, 5.41) is 11.2. The molecule has 2 amide bonds. The van der Waals surface area contributed by atoms with E-state index in [9.17, 15) is 19.2 Å². The van der Waals surface area contributed by atoms with Crippen LogP contribution in [0.2, 0.25) is 0 Å². The van der Waals surface area contributed by atoms with Crippen LogP contribution in [0.25, 0.3) is 0 Å². The number of benzene rings is 4. The lowest BCUT2D eigenvalue weighted by molar-refractivity contribution is -0.327. The largest absolute Gasteiger partial charge is 0.458 e. The Morgan fingerprint density at radius 3 is 1.09 bits per heavy atom. The smallest absolute Gasteiger partial charge is 0.306 e. The number of nitrogens with one attached hydrogen (secondary N) is 2. The van der Waals surface area contributed by atoms with Crippen molar-refractivity contribution in [2.45, 2.75) is 233 Å². The van der Waals surface area contributed by atoms with Gasteiger partial charge >= 0.3 is 11.9 Å². The molecule has 0 aromatic heterocycles. The van der Waals surface area contributed by atoms with Gasteiger partial charge in [-0.15, -0.1) is 0 Å². The molecule has 0 spiro atoms. The minimum atomic E-state index is -0.403. The van der Waals surface area contributed by atoms with E-state index in [2.05, 4.69) is 128 Å². The second-order valence-electron chi connectivity index (χ2n) is 23.6. The van der Waals surface area contributed by atoms with Crippen LogP contribution in [0, 0.1) is 11.8 Å². The molecular weight excluding hydrogens is 977 g/mol. The molecule has 2 aliphatic heterocycles. The lowest BCUT2D eigenvalue weighted by Crippen LogP contribution is -2.70. The molecule has 0 radical (unpaired) electrons. The van der Waals surface area contributed by atoms with Crippen molar-refractivity contribution in [3.8, 4) is 0 Å². The van der Waals surface area contributed by atoms with E-state index in [-0.39, 0.29) is 84.9 Å². The highest BCUT2D eigenvalue weighted by molar-refractivity contribution is 5.95. The lowest BCUT2D eigenvalue weighted by atomic mass is 9.68. The highest BCUT2D eigenvalue weighted by atomic mass is 16.7. The number of amides is 2. The Morgan fingerprint density at radius 2 is 0.795 bits per heavy atom. The second-order valence-corrected chi connectivity index (χ2v) is 23.6. The fraction of sp³-hybridized carbons (Fsp3) is 0.576. The van der Waals surface area contributed by atoms with E-state index in [0.29, 0.717) is 36.8 Å². The summed E-state index contributed by atoms with van der Waals surface area (Å²) in [7, 11) is 0. The molecule has 0 aliphatic carbocycles. The summed E-state index contributed by atoms with van der Waals surface area (Å²) in [6, 6.07) is 35.1. The standard InChI is InChI=1S/C66H94N4O8.2H2/c1-15-63(11)43-57(67-61(73)55-29-23-21-24-30-55)45(5)65(13,17-3)69(63)77-49(9)53-39-35-51(36-40-53)47(7)75-59(71)33-27-19-20-28-34-60(72)76-48(8)52-37-41-54(42-38-52)50(10)78-70-64(12,16-2)44-58(46(6)66(70,14)18-4)68-62(74)56-31-25-22-26-32-56;;/h21-26,29-32,35-42,45-50,57-58H,15-20,27-28,33-34,43-44H2,1-14H3,(H,67,73)(H,68,74);2*1H. The first kappa shape index (κ1) is 61.8. The van der Waals surface area contributed by atoms with Gasteiger partial charge in [-0.25, -0.2) is 0 Å². The summed E-state index contributed by atoms with van der Waals surface area (Å²) < 4.78 is 11.7. The van der Waals surface area contributed by atoms with E-state index in [1.807, 2.05) is 98.8 Å². The number of unbranched alkanes of at least 4 members (excludes halogenated alkanes) is 3. The molecule has 12 heteroatoms. The zero-order valence-electron chi connectivity index (χ0n) is 49.7. The summed E-state index contributed by atoms with van der Waals surface area (Å²) in [6.45, 7) is 30.2. The van der Waals surface area contributed by atoms with Crippen LogP contribution < -0.4 is 10.6 Å². The average molecular weight is 1080 g/mol. The first-order chi connectivity index (χ1) is 37.1. The first-order valence-corrected chi connectivity index (χ1v) is 29.3. The van der Waals surface area contributed by atoms with E-state index in [0.717, 1.165) is 73.6 Å². The SMILES string of the molecule is CCC1(C)CC(NC(=O)c2ccccc2)C(C)C(C)(CC)N1OC(C)c1ccc(C(C)OC(=O)CCCCCCC(=O)OC(C)c2ccc(C(C)ON3C(C)(CC)CC(NC(=O)c4ccccc4)C(C)C3(C)CC)cc2)cc1.[HH].[HH]. The number of rotatable bonds is 25. The van der Waals surface area contributed by atoms with Gasteiger partial charge in [0.25, 0.3) is 11.8 Å². The van der Waals surface area contributed by atoms with Gasteiger partial charge in [-0.2, -0.15) is 10.1 Å². The zero-order chi connectivity index (χ0) is 57.0. The molecule has 12 atom stereocenters. The Bertz CT molecular complexity index is 2400. The third kappa shape index (κ3) is 14.5. The summed E-state index contributed by atoms with van der Waals surface area (Å²) in [4.78, 5) is 66.3. The minimum Gasteiger partial charge on any atom is -0.458 e. The molecular formula is C66H98N4O8. The topological polar surface area (TPSA) is 136 Å². The highest BCUT2D eigenvalue weighted by Crippen LogP contribution is 2.49. The first-order valence-electron chi connectivity index (χ1n) is 29.3. The Morgan fingerprint density at radius 1 is 0.487 bits per heavy atom. The van der Waals surface area contributed by atoms with Crippen molar-refractivity contribution in [2.24, 2.45) is 11.8 Å². The van der Waals surface area contributed by atoms with Crippen LogP contribution in [0.3, 0.4) is 0 Å². The van der Waals surface area contributed by atoms with E-state index in [1.54, 1.807) is 0 Å². The fourth-order valence-corrected chi connectivity index (χ4v) is 12.0. The van der Waals surface area contributed by atoms with Crippen LogP contribution >= 0.6 is 0 Å². The summed E-state index contributed by atoms with van der Waals surface area (Å²) in [5.41, 5.74) is 3.90. The molecule has 2 fully saturated rings. The number of hydroxylamine groups is 4. The van der Waals surface area contributed by atoms with Gasteiger partial charge in [0.1, 0.15) is 24.4 Å². The van der Waals surface area contributed by atoms with Crippen LogP contribution in [-0.4, -0.2) is 68.1 Å². The number of nitrogens with zero attached hydrogens (tertiary/aromatic N) is 2. The van der Waals surface area contributed by atoms with Crippen molar-refractivity contribution in [3.63, 3.8) is 0 Å². The number of piperidine rings is 2. The summed E-state index contributed by atoms with van der Waals surface area (Å²) in [6.07, 6.45) is 7.26. The maximum Gasteiger partial charge on any atom is 0.306 e. The zero-order valence-corrected chi connectivity index (χ0v) is 49.7. The van der Waals surface area contributed by atoms with Crippen LogP contribution in [0.5, 0.6) is 0 Å². The van der Waals surface area contributed by atoms with Crippen molar-refractivity contribution in [1.29, 1.82) is 0 Å². The van der Waals surface area contributed by atoms with Gasteiger partial charge in [0.15, 0.2) is 0 Å². The van der Waals surface area contributed by atoms with Crippen LogP contribution in [0.15, 0.2) is 109 Å². The Balaban J connectivity index is 0.00000689. The maximum atomic E-state index is 13.3. The van der Waals surface area contributed by atoms with Gasteiger partial charge in [-0.05, 0) is 165 Å². The predicted octanol–water partition coefficient (Wildman–Crippen LogP) is 15.4. The number of esters is 2. The van der Waals surface area contributed by atoms with Crippen molar-refractivity contribution >= 4 is 23.8 Å². The molecule has 2 aliphatic rings. The number of carbonyl (C=O) groups is 4. The van der Waals surface area contributed by atoms with Gasteiger partial charge in [0, 0.05) is 61.1 Å². The lowest BCUT2D eigenvalue weighted by Gasteiger charge is -2.60. The Labute approximate surface area is 471 Å². The number of ether oxygens (including phenoxy) is 2. The third-order valence-corrected chi connectivity index (χ3v) is 18.5.